The number of rotatable bonds is 6. The van der Waals surface area contributed by atoms with Crippen molar-refractivity contribution < 1.29 is 17.9 Å². The van der Waals surface area contributed by atoms with E-state index in [1.54, 1.807) is 6.07 Å². The first kappa shape index (κ1) is 21.9. The molecule has 2 saturated heterocycles. The van der Waals surface area contributed by atoms with Gasteiger partial charge < -0.3 is 14.5 Å². The predicted octanol–water partition coefficient (Wildman–Crippen LogP) is 2.11. The number of piperidine rings is 1. The second-order valence-electron chi connectivity index (χ2n) is 8.34. The normalized spacial score (nSPS) is 20.6. The summed E-state index contributed by atoms with van der Waals surface area (Å²) in [6.07, 6.45) is 4.30. The molecule has 2 aliphatic heterocycles. The van der Waals surface area contributed by atoms with Gasteiger partial charge in [0.2, 0.25) is 5.13 Å². The summed E-state index contributed by atoms with van der Waals surface area (Å²) in [7, 11) is -3.36. The van der Waals surface area contributed by atoms with Crippen LogP contribution in [0.5, 0.6) is 5.75 Å². The number of nitrogens with zero attached hydrogens (tertiary/aromatic N) is 5. The molecular weight excluding hydrogens is 438 g/mol. The van der Waals surface area contributed by atoms with E-state index in [1.165, 1.54) is 23.8 Å². The molecular formula is C20H27N5O4S2. The van der Waals surface area contributed by atoms with Gasteiger partial charge in [-0.2, -0.15) is 4.37 Å². The molecule has 2 fully saturated rings. The number of amides is 1. The first-order chi connectivity index (χ1) is 14.7. The Kier molecular flexibility index (Phi) is 6.16. The second kappa shape index (κ2) is 8.70. The summed E-state index contributed by atoms with van der Waals surface area (Å²) in [5.74, 6) is 1.60. The zero-order valence-corrected chi connectivity index (χ0v) is 19.5. The lowest BCUT2D eigenvalue weighted by molar-refractivity contribution is -0.135. The largest absolute Gasteiger partial charge is 0.479 e. The van der Waals surface area contributed by atoms with Crippen molar-refractivity contribution in [1.29, 1.82) is 0 Å². The molecule has 4 heterocycles. The Balaban J connectivity index is 1.32. The number of carbonyl (C=O) groups excluding carboxylic acids is 1. The maximum absolute atomic E-state index is 12.9. The van der Waals surface area contributed by atoms with Crippen LogP contribution in [0.25, 0.3) is 0 Å². The molecule has 2 aromatic heterocycles. The van der Waals surface area contributed by atoms with E-state index in [0.29, 0.717) is 24.6 Å². The Morgan fingerprint density at radius 1 is 1.16 bits per heavy atom. The Morgan fingerprint density at radius 3 is 2.48 bits per heavy atom. The molecule has 9 nitrogen and oxygen atoms in total. The lowest BCUT2D eigenvalue weighted by atomic mass is 10.0. The van der Waals surface area contributed by atoms with E-state index in [2.05, 4.69) is 33.1 Å². The minimum Gasteiger partial charge on any atom is -0.479 e. The lowest BCUT2D eigenvalue weighted by Gasteiger charge is -2.36. The van der Waals surface area contributed by atoms with Crippen LogP contribution in [0, 0.1) is 0 Å². The number of likely N-dealkylation sites (tertiary alicyclic amines) is 1. The maximum atomic E-state index is 12.9. The Morgan fingerprint density at radius 2 is 1.90 bits per heavy atom. The summed E-state index contributed by atoms with van der Waals surface area (Å²) in [5, 5.41) is 0.947. The molecule has 168 valence electrons. The average molecular weight is 466 g/mol. The fourth-order valence-corrected chi connectivity index (χ4v) is 5.34. The van der Waals surface area contributed by atoms with E-state index >= 15 is 0 Å². The average Bonchev–Trinajstić information content (AvgIpc) is 3.36. The number of hydrogen-bond acceptors (Lipinski definition) is 9. The second-order valence-corrected chi connectivity index (χ2v) is 11.0. The van der Waals surface area contributed by atoms with Crippen LogP contribution < -0.4 is 9.64 Å². The van der Waals surface area contributed by atoms with Crippen LogP contribution in [0.1, 0.15) is 44.9 Å². The summed E-state index contributed by atoms with van der Waals surface area (Å²) in [4.78, 5) is 25.7. The number of aromatic nitrogens is 3. The van der Waals surface area contributed by atoms with Crippen molar-refractivity contribution in [2.75, 3.05) is 30.8 Å². The van der Waals surface area contributed by atoms with Gasteiger partial charge in [-0.15, -0.1) is 0 Å². The van der Waals surface area contributed by atoms with Gasteiger partial charge in [-0.3, -0.25) is 4.79 Å². The number of pyridine rings is 1. The molecule has 1 amide bonds. The number of anilines is 1. The third-order valence-electron chi connectivity index (χ3n) is 5.68. The number of hydrogen-bond donors (Lipinski definition) is 0. The summed E-state index contributed by atoms with van der Waals surface area (Å²) >= 11 is 1.44. The molecule has 0 radical (unpaired) electrons. The van der Waals surface area contributed by atoms with E-state index in [9.17, 15) is 13.2 Å². The van der Waals surface area contributed by atoms with Crippen LogP contribution in [-0.2, 0) is 14.6 Å². The Labute approximate surface area is 186 Å². The highest BCUT2D eigenvalue weighted by atomic mass is 32.2. The van der Waals surface area contributed by atoms with Crippen LogP contribution in [0.2, 0.25) is 0 Å². The first-order valence-corrected chi connectivity index (χ1v) is 13.1. The quantitative estimate of drug-likeness (QED) is 0.639. The molecule has 2 aromatic rings. The van der Waals surface area contributed by atoms with Crippen molar-refractivity contribution in [3.05, 3.63) is 24.2 Å². The molecule has 0 spiro atoms. The van der Waals surface area contributed by atoms with Gasteiger partial charge >= 0.3 is 0 Å². The van der Waals surface area contributed by atoms with E-state index in [4.69, 9.17) is 4.74 Å². The molecule has 0 unspecified atom stereocenters. The highest BCUT2D eigenvalue weighted by molar-refractivity contribution is 7.90. The van der Waals surface area contributed by atoms with Crippen molar-refractivity contribution in [2.24, 2.45) is 0 Å². The van der Waals surface area contributed by atoms with Crippen LogP contribution >= 0.6 is 11.5 Å². The molecule has 0 saturated carbocycles. The summed E-state index contributed by atoms with van der Waals surface area (Å²) in [6.45, 7) is 6.55. The van der Waals surface area contributed by atoms with Crippen LogP contribution in [0.4, 0.5) is 5.13 Å². The lowest BCUT2D eigenvalue weighted by Crippen LogP contribution is -2.47. The third-order valence-corrected chi connectivity index (χ3v) is 7.47. The first-order valence-electron chi connectivity index (χ1n) is 10.4. The van der Waals surface area contributed by atoms with Crippen LogP contribution in [-0.4, -0.2) is 71.6 Å². The van der Waals surface area contributed by atoms with Gasteiger partial charge in [0.15, 0.2) is 21.0 Å². The Hall–Kier alpha value is -2.27. The summed E-state index contributed by atoms with van der Waals surface area (Å²) in [6, 6.07) is 3.14. The van der Waals surface area contributed by atoms with Crippen molar-refractivity contribution in [3.8, 4) is 5.75 Å². The fraction of sp³-hybridized carbons (Fsp3) is 0.600. The van der Waals surface area contributed by atoms with Gasteiger partial charge in [0.05, 0.1) is 6.20 Å². The van der Waals surface area contributed by atoms with E-state index < -0.39 is 15.9 Å². The minimum atomic E-state index is -3.36. The third kappa shape index (κ3) is 4.82. The number of sulfone groups is 1. The number of carbonyl (C=O) groups is 1. The molecule has 11 heteroatoms. The van der Waals surface area contributed by atoms with E-state index in [0.717, 1.165) is 43.1 Å². The van der Waals surface area contributed by atoms with Crippen molar-refractivity contribution in [3.63, 3.8) is 0 Å². The topological polar surface area (TPSA) is 106 Å². The van der Waals surface area contributed by atoms with Crippen molar-refractivity contribution in [1.82, 2.24) is 19.2 Å². The molecule has 4 rings (SSSR count). The molecule has 1 atom stereocenters. The van der Waals surface area contributed by atoms with Gasteiger partial charge in [-0.05, 0) is 25.0 Å². The SMILES string of the molecule is CC(C)c1nsc(N2CCC(N3CC[C@H](Oc4ccc(S(C)(=O)=O)nc4)C3=O)CC2)n1. The summed E-state index contributed by atoms with van der Waals surface area (Å²) in [5.41, 5.74) is 0. The highest BCUT2D eigenvalue weighted by Crippen LogP contribution is 2.29. The molecule has 2 aliphatic rings. The Bertz CT molecular complexity index is 1030. The molecule has 0 N–H and O–H groups in total. The maximum Gasteiger partial charge on any atom is 0.263 e. The van der Waals surface area contributed by atoms with Crippen molar-refractivity contribution in [2.45, 2.75) is 56.2 Å². The van der Waals surface area contributed by atoms with Crippen LogP contribution in [0.15, 0.2) is 23.4 Å². The van der Waals surface area contributed by atoms with Gasteiger partial charge in [0.1, 0.15) is 11.6 Å². The smallest absolute Gasteiger partial charge is 0.263 e. The molecule has 0 aromatic carbocycles. The fourth-order valence-electron chi connectivity index (χ4n) is 3.93. The molecule has 0 aliphatic carbocycles. The number of ether oxygens (including phenoxy) is 1. The van der Waals surface area contributed by atoms with Crippen LogP contribution in [0.3, 0.4) is 0 Å². The van der Waals surface area contributed by atoms with Gasteiger partial charge in [-0.25, -0.2) is 18.4 Å². The monoisotopic (exact) mass is 465 g/mol. The highest BCUT2D eigenvalue weighted by Gasteiger charge is 2.38. The molecule has 31 heavy (non-hydrogen) atoms. The van der Waals surface area contributed by atoms with Gasteiger partial charge in [0, 0.05) is 55.8 Å². The van der Waals surface area contributed by atoms with Crippen molar-refractivity contribution >= 4 is 32.4 Å². The zero-order valence-electron chi connectivity index (χ0n) is 17.9. The zero-order chi connectivity index (χ0) is 22.2. The van der Waals surface area contributed by atoms with E-state index in [1.807, 2.05) is 4.90 Å². The van der Waals surface area contributed by atoms with E-state index in [-0.39, 0.29) is 17.0 Å². The molecule has 0 bridgehead atoms. The van der Waals surface area contributed by atoms with Gasteiger partial charge in [-0.1, -0.05) is 13.8 Å². The minimum absolute atomic E-state index is 0.0105. The predicted molar refractivity (Wildman–Crippen MR) is 117 cm³/mol. The standard InChI is InChI=1S/C20H27N5O4S2/c1-13(2)18-22-20(30-23-18)24-9-6-14(7-10-24)25-11-8-16(19(25)26)29-15-4-5-17(21-12-15)31(3,27)28/h4-5,12-14,16H,6-11H2,1-3H3/t16-/m0/s1. The van der Waals surface area contributed by atoms with Gasteiger partial charge in [0.25, 0.3) is 5.91 Å². The summed E-state index contributed by atoms with van der Waals surface area (Å²) < 4.78 is 33.3.